The average molecular weight is 446 g/mol. The van der Waals surface area contributed by atoms with Crippen molar-refractivity contribution in [3.63, 3.8) is 0 Å². The molecule has 0 aromatic heterocycles. The van der Waals surface area contributed by atoms with Gasteiger partial charge < -0.3 is 15.2 Å². The molecule has 0 saturated carbocycles. The van der Waals surface area contributed by atoms with Crippen molar-refractivity contribution in [1.82, 2.24) is 5.32 Å². The molecule has 1 atom stereocenters. The third-order valence-electron chi connectivity index (χ3n) is 5.20. The van der Waals surface area contributed by atoms with Crippen LogP contribution in [0.25, 0.3) is 16.8 Å². The van der Waals surface area contributed by atoms with E-state index < -0.39 is 5.60 Å². The van der Waals surface area contributed by atoms with E-state index in [2.05, 4.69) is 5.32 Å². The molecule has 0 fully saturated rings. The molecule has 0 radical (unpaired) electrons. The summed E-state index contributed by atoms with van der Waals surface area (Å²) in [5, 5.41) is 15.6. The Hall–Kier alpha value is -3.60. The van der Waals surface area contributed by atoms with Gasteiger partial charge in [0.15, 0.2) is 0 Å². The zero-order valence-electron chi connectivity index (χ0n) is 19.6. The van der Waals surface area contributed by atoms with Gasteiger partial charge in [-0.05, 0) is 68.2 Å². The molecule has 0 aliphatic carbocycles. The molecule has 0 spiro atoms. The normalized spacial score (nSPS) is 12.6. The van der Waals surface area contributed by atoms with Crippen molar-refractivity contribution in [2.24, 2.45) is 0 Å². The van der Waals surface area contributed by atoms with Crippen LogP contribution in [0.5, 0.6) is 5.75 Å². The maximum atomic E-state index is 12.5. The number of ether oxygens (including phenoxy) is 1. The third-order valence-corrected chi connectivity index (χ3v) is 5.20. The number of hydrogen-bond donors (Lipinski definition) is 2. The monoisotopic (exact) mass is 445 g/mol. The molecule has 0 saturated heterocycles. The van der Waals surface area contributed by atoms with E-state index in [9.17, 15) is 14.7 Å². The summed E-state index contributed by atoms with van der Waals surface area (Å²) >= 11 is 0. The number of benzene rings is 3. The van der Waals surface area contributed by atoms with Gasteiger partial charge in [-0.3, -0.25) is 9.59 Å². The number of phenolic OH excluding ortho intramolecular Hbond substituents is 1. The lowest BCUT2D eigenvalue weighted by Gasteiger charge is -2.19. The molecule has 1 unspecified atom stereocenters. The fraction of sp³-hybridized carbons (Fsp3) is 0.286. The van der Waals surface area contributed by atoms with Crippen molar-refractivity contribution in [2.45, 2.75) is 52.2 Å². The predicted octanol–water partition coefficient (Wildman–Crippen LogP) is 5.71. The Balaban J connectivity index is 1.60. The van der Waals surface area contributed by atoms with Crippen LogP contribution in [-0.2, 0) is 20.7 Å². The van der Waals surface area contributed by atoms with Gasteiger partial charge in [0.1, 0.15) is 11.4 Å². The first kappa shape index (κ1) is 24.1. The van der Waals surface area contributed by atoms with Crippen LogP contribution in [0, 0.1) is 0 Å². The molecule has 5 heteroatoms. The van der Waals surface area contributed by atoms with E-state index in [0.717, 1.165) is 21.9 Å². The molecular weight excluding hydrogens is 414 g/mol. The lowest BCUT2D eigenvalue weighted by atomic mass is 9.99. The number of amides is 1. The zero-order valence-corrected chi connectivity index (χ0v) is 19.6. The Bertz CT molecular complexity index is 1170. The molecule has 3 rings (SSSR count). The molecule has 0 aliphatic rings. The Morgan fingerprint density at radius 2 is 1.79 bits per heavy atom. The summed E-state index contributed by atoms with van der Waals surface area (Å²) < 4.78 is 5.31. The minimum atomic E-state index is -0.514. The largest absolute Gasteiger partial charge is 0.507 e. The first-order valence-electron chi connectivity index (χ1n) is 11.1. The summed E-state index contributed by atoms with van der Waals surface area (Å²) in [6, 6.07) is 19.1. The van der Waals surface area contributed by atoms with Crippen molar-refractivity contribution < 1.29 is 19.4 Å². The van der Waals surface area contributed by atoms with Crippen LogP contribution in [0.3, 0.4) is 0 Å². The first-order valence-corrected chi connectivity index (χ1v) is 11.1. The number of aromatic hydroxyl groups is 1. The average Bonchev–Trinajstić information content (AvgIpc) is 2.75. The molecule has 0 aliphatic heterocycles. The second-order valence-electron chi connectivity index (χ2n) is 9.11. The van der Waals surface area contributed by atoms with Gasteiger partial charge in [0.05, 0.1) is 6.04 Å². The van der Waals surface area contributed by atoms with E-state index in [4.69, 9.17) is 4.74 Å². The maximum Gasteiger partial charge on any atom is 0.306 e. The minimum absolute atomic E-state index is 0.0582. The van der Waals surface area contributed by atoms with E-state index in [-0.39, 0.29) is 30.1 Å². The van der Waals surface area contributed by atoms with Gasteiger partial charge >= 0.3 is 5.97 Å². The maximum absolute atomic E-state index is 12.5. The van der Waals surface area contributed by atoms with Gasteiger partial charge in [0.2, 0.25) is 5.91 Å². The first-order chi connectivity index (χ1) is 15.6. The van der Waals surface area contributed by atoms with Crippen LogP contribution in [0.2, 0.25) is 0 Å². The fourth-order valence-corrected chi connectivity index (χ4v) is 3.66. The van der Waals surface area contributed by atoms with Crippen LogP contribution in [0.1, 0.15) is 56.8 Å². The highest BCUT2D eigenvalue weighted by Crippen LogP contribution is 2.25. The van der Waals surface area contributed by atoms with Gasteiger partial charge in [-0.15, -0.1) is 0 Å². The van der Waals surface area contributed by atoms with Gasteiger partial charge in [-0.25, -0.2) is 0 Å². The van der Waals surface area contributed by atoms with E-state index in [1.807, 2.05) is 76.2 Å². The standard InChI is InChI=1S/C28H31NO4/c1-19(23-11-7-9-21-8-5-6-10-24(21)23)29-26(31)16-15-22-14-12-20(18-25(22)30)13-17-27(32)33-28(2,3)4/h5-12,14-16,18-19,30H,13,17H2,1-4H3,(H,29,31)/b16-15+. The van der Waals surface area contributed by atoms with Gasteiger partial charge in [-0.1, -0.05) is 54.6 Å². The summed E-state index contributed by atoms with van der Waals surface area (Å²) in [4.78, 5) is 24.4. The number of phenols is 1. The zero-order chi connectivity index (χ0) is 24.0. The third kappa shape index (κ3) is 6.94. The number of nitrogens with one attached hydrogen (secondary N) is 1. The number of esters is 1. The van der Waals surface area contributed by atoms with Crippen LogP contribution in [0.15, 0.2) is 66.7 Å². The minimum Gasteiger partial charge on any atom is -0.507 e. The quantitative estimate of drug-likeness (QED) is 0.361. The lowest BCUT2D eigenvalue weighted by molar-refractivity contribution is -0.154. The molecular formula is C28H31NO4. The number of fused-ring (bicyclic) bond motifs is 1. The molecule has 172 valence electrons. The number of carbonyl (C=O) groups excluding carboxylic acids is 2. The van der Waals surface area contributed by atoms with Crippen molar-refractivity contribution in [3.05, 3.63) is 83.4 Å². The molecule has 0 bridgehead atoms. The SMILES string of the molecule is CC(NC(=O)/C=C/c1ccc(CCC(=O)OC(C)(C)C)cc1O)c1cccc2ccccc12. The summed E-state index contributed by atoms with van der Waals surface area (Å²) in [6.07, 6.45) is 3.70. The number of aryl methyl sites for hydroxylation is 1. The molecule has 2 N–H and O–H groups in total. The highest BCUT2D eigenvalue weighted by Gasteiger charge is 2.16. The van der Waals surface area contributed by atoms with Crippen LogP contribution in [0.4, 0.5) is 0 Å². The molecule has 5 nitrogen and oxygen atoms in total. The Kier molecular flexibility index (Phi) is 7.54. The Morgan fingerprint density at radius 1 is 1.06 bits per heavy atom. The Labute approximate surface area is 195 Å². The van der Waals surface area contributed by atoms with E-state index in [1.54, 1.807) is 18.2 Å². The summed E-state index contributed by atoms with van der Waals surface area (Å²) in [7, 11) is 0. The molecule has 3 aromatic carbocycles. The van der Waals surface area contributed by atoms with Gasteiger partial charge in [0.25, 0.3) is 0 Å². The predicted molar refractivity (Wildman–Crippen MR) is 132 cm³/mol. The van der Waals surface area contributed by atoms with E-state index in [1.165, 1.54) is 6.08 Å². The smallest absolute Gasteiger partial charge is 0.306 e. The van der Waals surface area contributed by atoms with Crippen molar-refractivity contribution in [2.75, 3.05) is 0 Å². The summed E-state index contributed by atoms with van der Waals surface area (Å²) in [5.74, 6) is -0.463. The van der Waals surface area contributed by atoms with Crippen LogP contribution >= 0.6 is 0 Å². The van der Waals surface area contributed by atoms with E-state index >= 15 is 0 Å². The van der Waals surface area contributed by atoms with E-state index in [0.29, 0.717) is 12.0 Å². The topological polar surface area (TPSA) is 75.6 Å². The summed E-state index contributed by atoms with van der Waals surface area (Å²) in [6.45, 7) is 7.44. The lowest BCUT2D eigenvalue weighted by Crippen LogP contribution is -2.24. The van der Waals surface area contributed by atoms with Gasteiger partial charge in [0, 0.05) is 18.1 Å². The highest BCUT2D eigenvalue weighted by molar-refractivity contribution is 5.93. The Morgan fingerprint density at radius 3 is 2.52 bits per heavy atom. The number of rotatable bonds is 7. The number of carbonyl (C=O) groups is 2. The van der Waals surface area contributed by atoms with Crippen LogP contribution in [-0.4, -0.2) is 22.6 Å². The number of hydrogen-bond acceptors (Lipinski definition) is 4. The second-order valence-corrected chi connectivity index (χ2v) is 9.11. The summed E-state index contributed by atoms with van der Waals surface area (Å²) in [5.41, 5.74) is 1.89. The molecule has 0 heterocycles. The van der Waals surface area contributed by atoms with Crippen molar-refractivity contribution in [1.29, 1.82) is 0 Å². The highest BCUT2D eigenvalue weighted by atomic mass is 16.6. The fourth-order valence-electron chi connectivity index (χ4n) is 3.66. The van der Waals surface area contributed by atoms with Crippen molar-refractivity contribution in [3.8, 4) is 5.75 Å². The van der Waals surface area contributed by atoms with Crippen molar-refractivity contribution >= 4 is 28.7 Å². The second kappa shape index (κ2) is 10.3. The van der Waals surface area contributed by atoms with Crippen LogP contribution < -0.4 is 5.32 Å². The van der Waals surface area contributed by atoms with Gasteiger partial charge in [-0.2, -0.15) is 0 Å². The molecule has 3 aromatic rings. The molecule has 33 heavy (non-hydrogen) atoms. The molecule has 1 amide bonds.